The first-order chi connectivity index (χ1) is 8.56. The highest BCUT2D eigenvalue weighted by molar-refractivity contribution is 5.79. The van der Waals surface area contributed by atoms with Gasteiger partial charge in [-0.3, -0.25) is 4.79 Å². The summed E-state index contributed by atoms with van der Waals surface area (Å²) in [4.78, 5) is 12.2. The lowest BCUT2D eigenvalue weighted by atomic mass is 9.77. The van der Waals surface area contributed by atoms with E-state index in [1.165, 1.54) is 19.3 Å². The van der Waals surface area contributed by atoms with Crippen molar-refractivity contribution in [2.75, 3.05) is 0 Å². The normalized spacial score (nSPS) is 29.9. The van der Waals surface area contributed by atoms with Crippen LogP contribution in [0.2, 0.25) is 0 Å². The van der Waals surface area contributed by atoms with Crippen LogP contribution in [0.15, 0.2) is 0 Å². The standard InChI is InChI=1S/C15H30N2O/c1-4-5-6-8-11(2)17-15(18)13-9-7-10-14(16)12(13)3/h11-14H,4-10,16H2,1-3H3,(H,17,18). The minimum atomic E-state index is 0.127. The third-order valence-electron chi connectivity index (χ3n) is 4.33. The van der Waals surface area contributed by atoms with Crippen molar-refractivity contribution in [1.29, 1.82) is 0 Å². The third-order valence-corrected chi connectivity index (χ3v) is 4.33. The van der Waals surface area contributed by atoms with Gasteiger partial charge in [0.15, 0.2) is 0 Å². The lowest BCUT2D eigenvalue weighted by Crippen LogP contribution is -2.46. The number of carbonyl (C=O) groups excluding carboxylic acids is 1. The lowest BCUT2D eigenvalue weighted by molar-refractivity contribution is -0.128. The SMILES string of the molecule is CCCCCC(C)NC(=O)C1CCCC(N)C1C. The number of amides is 1. The third kappa shape index (κ3) is 4.60. The second kappa shape index (κ2) is 7.78. The fourth-order valence-corrected chi connectivity index (χ4v) is 2.89. The Morgan fingerprint density at radius 3 is 2.78 bits per heavy atom. The van der Waals surface area contributed by atoms with Crippen LogP contribution in [0.3, 0.4) is 0 Å². The van der Waals surface area contributed by atoms with Gasteiger partial charge < -0.3 is 11.1 Å². The average Bonchev–Trinajstić information content (AvgIpc) is 2.32. The number of hydrogen-bond acceptors (Lipinski definition) is 2. The van der Waals surface area contributed by atoms with Crippen molar-refractivity contribution >= 4 is 5.91 Å². The minimum Gasteiger partial charge on any atom is -0.353 e. The van der Waals surface area contributed by atoms with E-state index in [0.29, 0.717) is 12.0 Å². The van der Waals surface area contributed by atoms with Gasteiger partial charge in [0, 0.05) is 18.0 Å². The molecule has 4 unspecified atom stereocenters. The predicted octanol–water partition coefficient (Wildman–Crippen LogP) is 2.83. The zero-order valence-electron chi connectivity index (χ0n) is 12.2. The molecule has 0 bridgehead atoms. The summed E-state index contributed by atoms with van der Waals surface area (Å²) < 4.78 is 0. The average molecular weight is 254 g/mol. The van der Waals surface area contributed by atoms with Crippen LogP contribution < -0.4 is 11.1 Å². The maximum atomic E-state index is 12.2. The zero-order valence-corrected chi connectivity index (χ0v) is 12.2. The van der Waals surface area contributed by atoms with Crippen LogP contribution in [-0.4, -0.2) is 18.0 Å². The number of unbranched alkanes of at least 4 members (excludes halogenated alkanes) is 2. The van der Waals surface area contributed by atoms with Gasteiger partial charge >= 0.3 is 0 Å². The van der Waals surface area contributed by atoms with E-state index in [9.17, 15) is 4.79 Å². The van der Waals surface area contributed by atoms with E-state index in [4.69, 9.17) is 5.73 Å². The minimum absolute atomic E-state index is 0.127. The molecule has 0 aromatic rings. The summed E-state index contributed by atoms with van der Waals surface area (Å²) in [6.07, 6.45) is 7.94. The van der Waals surface area contributed by atoms with Gasteiger partial charge in [-0.1, -0.05) is 39.5 Å². The molecule has 4 atom stereocenters. The van der Waals surface area contributed by atoms with Crippen molar-refractivity contribution in [2.45, 2.75) is 77.8 Å². The van der Waals surface area contributed by atoms with Gasteiger partial charge in [-0.25, -0.2) is 0 Å². The van der Waals surface area contributed by atoms with Gasteiger partial charge in [-0.05, 0) is 32.1 Å². The van der Waals surface area contributed by atoms with Crippen LogP contribution in [-0.2, 0) is 4.79 Å². The van der Waals surface area contributed by atoms with Gasteiger partial charge in [-0.15, -0.1) is 0 Å². The molecule has 1 aliphatic carbocycles. The van der Waals surface area contributed by atoms with Crippen molar-refractivity contribution in [1.82, 2.24) is 5.32 Å². The molecule has 3 N–H and O–H groups in total. The fourth-order valence-electron chi connectivity index (χ4n) is 2.89. The molecular weight excluding hydrogens is 224 g/mol. The highest BCUT2D eigenvalue weighted by Crippen LogP contribution is 2.29. The first-order valence-electron chi connectivity index (χ1n) is 7.62. The maximum absolute atomic E-state index is 12.2. The number of nitrogens with two attached hydrogens (primary N) is 1. The largest absolute Gasteiger partial charge is 0.353 e. The number of nitrogens with one attached hydrogen (secondary N) is 1. The highest BCUT2D eigenvalue weighted by Gasteiger charge is 2.32. The molecule has 0 spiro atoms. The van der Waals surface area contributed by atoms with E-state index < -0.39 is 0 Å². The Hall–Kier alpha value is -0.570. The van der Waals surface area contributed by atoms with Crippen molar-refractivity contribution in [3.8, 4) is 0 Å². The van der Waals surface area contributed by atoms with E-state index in [0.717, 1.165) is 25.7 Å². The molecule has 3 heteroatoms. The van der Waals surface area contributed by atoms with Crippen LogP contribution in [0.1, 0.15) is 65.7 Å². The Kier molecular flexibility index (Phi) is 6.69. The lowest BCUT2D eigenvalue weighted by Gasteiger charge is -2.33. The Morgan fingerprint density at radius 1 is 1.39 bits per heavy atom. The van der Waals surface area contributed by atoms with Gasteiger partial charge in [-0.2, -0.15) is 0 Å². The molecule has 0 aromatic carbocycles. The Bertz CT molecular complexity index is 255. The van der Waals surface area contributed by atoms with Crippen LogP contribution in [0, 0.1) is 11.8 Å². The Morgan fingerprint density at radius 2 is 2.11 bits per heavy atom. The van der Waals surface area contributed by atoms with Gasteiger partial charge in [0.1, 0.15) is 0 Å². The van der Waals surface area contributed by atoms with Gasteiger partial charge in [0.25, 0.3) is 0 Å². The molecule has 1 rings (SSSR count). The molecule has 1 amide bonds. The smallest absolute Gasteiger partial charge is 0.223 e. The summed E-state index contributed by atoms with van der Waals surface area (Å²) in [5.41, 5.74) is 6.06. The molecule has 0 aliphatic heterocycles. The molecule has 106 valence electrons. The second-order valence-corrected chi connectivity index (χ2v) is 5.97. The Balaban J connectivity index is 2.34. The van der Waals surface area contributed by atoms with Gasteiger partial charge in [0.05, 0.1) is 0 Å². The number of carbonyl (C=O) groups is 1. The van der Waals surface area contributed by atoms with E-state index in [2.05, 4.69) is 26.1 Å². The summed E-state index contributed by atoms with van der Waals surface area (Å²) in [6, 6.07) is 0.499. The molecular formula is C15H30N2O. The highest BCUT2D eigenvalue weighted by atomic mass is 16.1. The fraction of sp³-hybridized carbons (Fsp3) is 0.933. The van der Waals surface area contributed by atoms with E-state index in [1.54, 1.807) is 0 Å². The van der Waals surface area contributed by atoms with Crippen LogP contribution in [0.5, 0.6) is 0 Å². The topological polar surface area (TPSA) is 55.1 Å². The maximum Gasteiger partial charge on any atom is 0.223 e. The number of hydrogen-bond donors (Lipinski definition) is 2. The first kappa shape index (κ1) is 15.5. The summed E-state index contributed by atoms with van der Waals surface area (Å²) in [7, 11) is 0. The van der Waals surface area contributed by atoms with E-state index in [1.807, 2.05) is 0 Å². The molecule has 0 saturated heterocycles. The summed E-state index contributed by atoms with van der Waals surface area (Å²) >= 11 is 0. The van der Waals surface area contributed by atoms with Crippen LogP contribution in [0.25, 0.3) is 0 Å². The molecule has 1 aliphatic rings. The van der Waals surface area contributed by atoms with Gasteiger partial charge in [0.2, 0.25) is 5.91 Å². The number of rotatable bonds is 6. The summed E-state index contributed by atoms with van der Waals surface area (Å²) in [6.45, 7) is 6.44. The van der Waals surface area contributed by atoms with E-state index in [-0.39, 0.29) is 17.9 Å². The van der Waals surface area contributed by atoms with Crippen molar-refractivity contribution < 1.29 is 4.79 Å². The quantitative estimate of drug-likeness (QED) is 0.716. The summed E-state index contributed by atoms with van der Waals surface area (Å²) in [5.74, 6) is 0.672. The molecule has 18 heavy (non-hydrogen) atoms. The molecule has 0 radical (unpaired) electrons. The zero-order chi connectivity index (χ0) is 13.5. The Labute approximate surface area is 112 Å². The van der Waals surface area contributed by atoms with Crippen molar-refractivity contribution in [3.63, 3.8) is 0 Å². The molecule has 0 aromatic heterocycles. The van der Waals surface area contributed by atoms with Crippen LogP contribution in [0.4, 0.5) is 0 Å². The van der Waals surface area contributed by atoms with Crippen molar-refractivity contribution in [2.24, 2.45) is 17.6 Å². The first-order valence-corrected chi connectivity index (χ1v) is 7.62. The molecule has 3 nitrogen and oxygen atoms in total. The molecule has 0 heterocycles. The van der Waals surface area contributed by atoms with E-state index >= 15 is 0 Å². The predicted molar refractivity (Wildman–Crippen MR) is 76.2 cm³/mol. The van der Waals surface area contributed by atoms with Crippen LogP contribution >= 0.6 is 0 Å². The molecule has 1 fully saturated rings. The molecule has 1 saturated carbocycles. The summed E-state index contributed by atoms with van der Waals surface area (Å²) in [5, 5.41) is 3.16. The van der Waals surface area contributed by atoms with Crippen molar-refractivity contribution in [3.05, 3.63) is 0 Å². The monoisotopic (exact) mass is 254 g/mol. The second-order valence-electron chi connectivity index (χ2n) is 5.97.